The third-order valence-electron chi connectivity index (χ3n) is 4.66. The van der Waals surface area contributed by atoms with E-state index in [1.807, 2.05) is 0 Å². The summed E-state index contributed by atoms with van der Waals surface area (Å²) in [6, 6.07) is 6.67. The van der Waals surface area contributed by atoms with Crippen LogP contribution in [0.15, 0.2) is 18.2 Å². The molecule has 1 aliphatic carbocycles. The van der Waals surface area contributed by atoms with Gasteiger partial charge in [0.15, 0.2) is 0 Å². The summed E-state index contributed by atoms with van der Waals surface area (Å²) in [7, 11) is 0. The summed E-state index contributed by atoms with van der Waals surface area (Å²) in [5.74, 6) is 1.01. The van der Waals surface area contributed by atoms with Gasteiger partial charge in [0.1, 0.15) is 0 Å². The molecule has 1 N–H and O–H groups in total. The van der Waals surface area contributed by atoms with Crippen molar-refractivity contribution >= 4 is 0 Å². The summed E-state index contributed by atoms with van der Waals surface area (Å²) in [6.45, 7) is 8.79. The molecule has 106 valence electrons. The monoisotopic (exact) mass is 260 g/mol. The molecular formula is C18H28O. The molecule has 0 bridgehead atoms. The number of hydrogen-bond acceptors (Lipinski definition) is 1. The molecule has 1 aromatic rings. The first kappa shape index (κ1) is 14.6. The molecule has 1 aromatic carbocycles. The maximum Gasteiger partial charge on any atom is 0.0718 e. The van der Waals surface area contributed by atoms with Crippen LogP contribution in [0.2, 0.25) is 0 Å². The Hall–Kier alpha value is -0.820. The van der Waals surface area contributed by atoms with E-state index in [0.29, 0.717) is 11.8 Å². The molecule has 2 unspecified atom stereocenters. The summed E-state index contributed by atoms with van der Waals surface area (Å²) in [6.07, 6.45) is 5.41. The minimum Gasteiger partial charge on any atom is -0.389 e. The normalized spacial score (nSPS) is 27.8. The van der Waals surface area contributed by atoms with E-state index < -0.39 is 5.60 Å². The van der Waals surface area contributed by atoms with Crippen LogP contribution >= 0.6 is 0 Å². The molecule has 0 amide bonds. The molecule has 19 heavy (non-hydrogen) atoms. The summed E-state index contributed by atoms with van der Waals surface area (Å²) in [4.78, 5) is 0. The van der Waals surface area contributed by atoms with Crippen molar-refractivity contribution < 1.29 is 5.11 Å². The van der Waals surface area contributed by atoms with Gasteiger partial charge in [-0.1, -0.05) is 56.0 Å². The molecule has 0 spiro atoms. The largest absolute Gasteiger partial charge is 0.389 e. The van der Waals surface area contributed by atoms with Crippen molar-refractivity contribution in [1.82, 2.24) is 0 Å². The van der Waals surface area contributed by atoms with E-state index in [0.717, 1.165) is 12.8 Å². The third kappa shape index (κ3) is 3.39. The Morgan fingerprint density at radius 1 is 1.16 bits per heavy atom. The zero-order valence-corrected chi connectivity index (χ0v) is 12.9. The zero-order valence-electron chi connectivity index (χ0n) is 12.9. The van der Waals surface area contributed by atoms with Crippen LogP contribution in [0.1, 0.15) is 56.2 Å². The molecule has 1 heteroatoms. The lowest BCUT2D eigenvalue weighted by Gasteiger charge is -2.42. The second-order valence-corrected chi connectivity index (χ2v) is 6.87. The summed E-state index contributed by atoms with van der Waals surface area (Å²) >= 11 is 0. The van der Waals surface area contributed by atoms with E-state index in [1.54, 1.807) is 0 Å². The van der Waals surface area contributed by atoms with Crippen LogP contribution in [0, 0.1) is 25.7 Å². The fourth-order valence-electron chi connectivity index (χ4n) is 3.95. The molecular weight excluding hydrogens is 232 g/mol. The van der Waals surface area contributed by atoms with Crippen molar-refractivity contribution in [3.63, 3.8) is 0 Å². The number of aryl methyl sites for hydroxylation is 2. The predicted molar refractivity (Wildman–Crippen MR) is 81.4 cm³/mol. The fraction of sp³-hybridized carbons (Fsp3) is 0.667. The number of hydrogen-bond donors (Lipinski definition) is 1. The van der Waals surface area contributed by atoms with E-state index in [-0.39, 0.29) is 0 Å². The van der Waals surface area contributed by atoms with Gasteiger partial charge in [0.25, 0.3) is 0 Å². The first-order valence-corrected chi connectivity index (χ1v) is 7.70. The number of rotatable bonds is 3. The number of aliphatic hydroxyl groups is 1. The highest BCUT2D eigenvalue weighted by molar-refractivity contribution is 5.29. The highest BCUT2D eigenvalue weighted by atomic mass is 16.3. The minimum atomic E-state index is -0.493. The van der Waals surface area contributed by atoms with Gasteiger partial charge in [0, 0.05) is 6.42 Å². The van der Waals surface area contributed by atoms with Crippen LogP contribution in [-0.2, 0) is 6.42 Å². The van der Waals surface area contributed by atoms with Crippen molar-refractivity contribution in [3.8, 4) is 0 Å². The van der Waals surface area contributed by atoms with Gasteiger partial charge in [0.2, 0.25) is 0 Å². The Morgan fingerprint density at radius 2 is 1.79 bits per heavy atom. The maximum atomic E-state index is 11.1. The Bertz CT molecular complexity index is 415. The van der Waals surface area contributed by atoms with E-state index in [4.69, 9.17) is 0 Å². The lowest BCUT2D eigenvalue weighted by molar-refractivity contribution is -0.0652. The second kappa shape index (κ2) is 5.66. The first-order chi connectivity index (χ1) is 8.90. The van der Waals surface area contributed by atoms with Crippen LogP contribution in [0.5, 0.6) is 0 Å². The van der Waals surface area contributed by atoms with Crippen LogP contribution in [0.3, 0.4) is 0 Å². The van der Waals surface area contributed by atoms with E-state index in [9.17, 15) is 5.11 Å². The molecule has 1 nitrogen and oxygen atoms in total. The average Bonchev–Trinajstić information content (AvgIpc) is 2.26. The fourth-order valence-corrected chi connectivity index (χ4v) is 3.95. The summed E-state index contributed by atoms with van der Waals surface area (Å²) in [5, 5.41) is 11.1. The molecule has 0 radical (unpaired) electrons. The molecule has 2 atom stereocenters. The maximum absolute atomic E-state index is 11.1. The van der Waals surface area contributed by atoms with Gasteiger partial charge >= 0.3 is 0 Å². The molecule has 0 heterocycles. The van der Waals surface area contributed by atoms with E-state index in [2.05, 4.69) is 45.9 Å². The van der Waals surface area contributed by atoms with Crippen LogP contribution in [-0.4, -0.2) is 10.7 Å². The van der Waals surface area contributed by atoms with Gasteiger partial charge in [0.05, 0.1) is 5.60 Å². The smallest absolute Gasteiger partial charge is 0.0718 e. The highest BCUT2D eigenvalue weighted by Crippen LogP contribution is 2.40. The quantitative estimate of drug-likeness (QED) is 0.852. The first-order valence-electron chi connectivity index (χ1n) is 7.70. The van der Waals surface area contributed by atoms with Crippen molar-refractivity contribution in [2.45, 2.75) is 65.4 Å². The lowest BCUT2D eigenvalue weighted by atomic mass is 9.68. The SMILES string of the molecule is Cc1cc(C)cc(CC2(O)CCCCC2C(C)C)c1. The highest BCUT2D eigenvalue weighted by Gasteiger charge is 2.40. The van der Waals surface area contributed by atoms with Gasteiger partial charge in [-0.15, -0.1) is 0 Å². The third-order valence-corrected chi connectivity index (χ3v) is 4.66. The molecule has 1 fully saturated rings. The molecule has 1 saturated carbocycles. The molecule has 1 aliphatic rings. The van der Waals surface area contributed by atoms with Crippen molar-refractivity contribution in [1.29, 1.82) is 0 Å². The van der Waals surface area contributed by atoms with Crippen LogP contribution in [0.25, 0.3) is 0 Å². The molecule has 0 aliphatic heterocycles. The number of benzene rings is 1. The molecule has 0 saturated heterocycles. The van der Waals surface area contributed by atoms with Crippen molar-refractivity contribution in [2.24, 2.45) is 11.8 Å². The Labute approximate surface area is 118 Å². The van der Waals surface area contributed by atoms with Crippen molar-refractivity contribution in [2.75, 3.05) is 0 Å². The van der Waals surface area contributed by atoms with Gasteiger partial charge in [-0.25, -0.2) is 0 Å². The molecule has 2 rings (SSSR count). The van der Waals surface area contributed by atoms with Crippen LogP contribution in [0.4, 0.5) is 0 Å². The summed E-state index contributed by atoms with van der Waals surface area (Å²) in [5.41, 5.74) is 3.41. The average molecular weight is 260 g/mol. The van der Waals surface area contributed by atoms with Gasteiger partial charge in [-0.2, -0.15) is 0 Å². The Morgan fingerprint density at radius 3 is 2.37 bits per heavy atom. The second-order valence-electron chi connectivity index (χ2n) is 6.87. The standard InChI is InChI=1S/C18H28O/c1-13(2)17-7-5-6-8-18(17,19)12-16-10-14(3)9-15(4)11-16/h9-11,13,17,19H,5-8,12H2,1-4H3. The van der Waals surface area contributed by atoms with Gasteiger partial charge in [-0.05, 0) is 44.1 Å². The van der Waals surface area contributed by atoms with E-state index >= 15 is 0 Å². The Kier molecular flexibility index (Phi) is 4.35. The van der Waals surface area contributed by atoms with Gasteiger partial charge < -0.3 is 5.11 Å². The molecule has 0 aromatic heterocycles. The van der Waals surface area contributed by atoms with Crippen molar-refractivity contribution in [3.05, 3.63) is 34.9 Å². The van der Waals surface area contributed by atoms with E-state index in [1.165, 1.54) is 36.0 Å². The topological polar surface area (TPSA) is 20.2 Å². The van der Waals surface area contributed by atoms with Crippen LogP contribution < -0.4 is 0 Å². The lowest BCUT2D eigenvalue weighted by Crippen LogP contribution is -2.45. The van der Waals surface area contributed by atoms with Gasteiger partial charge in [-0.3, -0.25) is 0 Å². The Balaban J connectivity index is 2.23. The zero-order chi connectivity index (χ0) is 14.0. The minimum absolute atomic E-state index is 0.446. The predicted octanol–water partition coefficient (Wildman–Crippen LogP) is 4.42. The summed E-state index contributed by atoms with van der Waals surface area (Å²) < 4.78 is 0.